The molecule has 25 heavy (non-hydrogen) atoms. The smallest absolute Gasteiger partial charge is 0.273 e. The molecule has 4 aromatic rings. The van der Waals surface area contributed by atoms with Crippen molar-refractivity contribution >= 4 is 50.1 Å². The zero-order valence-corrected chi connectivity index (χ0v) is 15.5. The maximum absolute atomic E-state index is 12.6. The third-order valence-corrected chi connectivity index (χ3v) is 6.07. The molecule has 0 aromatic carbocycles. The molecule has 0 aliphatic rings. The van der Waals surface area contributed by atoms with E-state index in [-0.39, 0.29) is 18.0 Å². The predicted molar refractivity (Wildman–Crippen MR) is 101 cm³/mol. The van der Waals surface area contributed by atoms with Gasteiger partial charge in [0.05, 0.1) is 12.1 Å². The van der Waals surface area contributed by atoms with Crippen LogP contribution in [0.2, 0.25) is 0 Å². The van der Waals surface area contributed by atoms with Gasteiger partial charge in [-0.3, -0.25) is 9.59 Å². The van der Waals surface area contributed by atoms with E-state index < -0.39 is 0 Å². The number of hydrogen-bond acceptors (Lipinski definition) is 7. The molecule has 0 spiro atoms. The van der Waals surface area contributed by atoms with Gasteiger partial charge in [-0.1, -0.05) is 0 Å². The van der Waals surface area contributed by atoms with Crippen LogP contribution in [0.5, 0.6) is 0 Å². The largest absolute Gasteiger partial charge is 0.333 e. The fourth-order valence-corrected chi connectivity index (χ4v) is 4.61. The van der Waals surface area contributed by atoms with E-state index in [0.717, 1.165) is 10.6 Å². The van der Waals surface area contributed by atoms with Gasteiger partial charge in [-0.05, 0) is 22.9 Å². The number of fused-ring (bicyclic) bond motifs is 1. The van der Waals surface area contributed by atoms with Crippen LogP contribution >= 0.6 is 34.0 Å². The molecule has 0 saturated heterocycles. The Bertz CT molecular complexity index is 1090. The van der Waals surface area contributed by atoms with Crippen LogP contribution in [0.4, 0.5) is 0 Å². The number of aromatic amines is 1. The van der Waals surface area contributed by atoms with Gasteiger partial charge in [0.15, 0.2) is 0 Å². The van der Waals surface area contributed by atoms with Crippen molar-refractivity contribution in [1.82, 2.24) is 19.9 Å². The van der Waals surface area contributed by atoms with E-state index in [2.05, 4.69) is 15.0 Å². The molecular weight excluding hydrogens is 376 g/mol. The molecule has 0 unspecified atom stereocenters. The average molecular weight is 388 g/mol. The van der Waals surface area contributed by atoms with Crippen molar-refractivity contribution in [3.8, 4) is 10.6 Å². The van der Waals surface area contributed by atoms with Crippen LogP contribution < -0.4 is 5.56 Å². The van der Waals surface area contributed by atoms with Gasteiger partial charge in [0.2, 0.25) is 0 Å². The molecule has 0 radical (unpaired) electrons. The first-order valence-corrected chi connectivity index (χ1v) is 10.0. The van der Waals surface area contributed by atoms with Gasteiger partial charge in [-0.25, -0.2) is 9.97 Å². The minimum Gasteiger partial charge on any atom is -0.333 e. The van der Waals surface area contributed by atoms with Crippen molar-refractivity contribution in [2.75, 3.05) is 7.05 Å². The maximum atomic E-state index is 12.6. The van der Waals surface area contributed by atoms with E-state index in [1.807, 2.05) is 22.2 Å². The van der Waals surface area contributed by atoms with E-state index in [9.17, 15) is 9.59 Å². The Hall–Kier alpha value is -2.36. The summed E-state index contributed by atoms with van der Waals surface area (Å²) in [4.78, 5) is 37.7. The van der Waals surface area contributed by atoms with Crippen LogP contribution in [0.25, 0.3) is 20.8 Å². The number of nitrogens with zero attached hydrogens (tertiary/aromatic N) is 3. The number of rotatable bonds is 4. The monoisotopic (exact) mass is 388 g/mol. The minimum absolute atomic E-state index is 0.177. The number of hydrogen-bond donors (Lipinski definition) is 1. The van der Waals surface area contributed by atoms with Crippen LogP contribution in [-0.4, -0.2) is 32.8 Å². The Morgan fingerprint density at radius 3 is 2.88 bits per heavy atom. The van der Waals surface area contributed by atoms with Crippen LogP contribution in [0.3, 0.4) is 0 Å². The molecule has 4 rings (SSSR count). The summed E-state index contributed by atoms with van der Waals surface area (Å²) < 4.78 is 0.595. The number of nitrogens with one attached hydrogen (secondary N) is 1. The van der Waals surface area contributed by atoms with Gasteiger partial charge >= 0.3 is 0 Å². The molecule has 1 N–H and O–H groups in total. The normalized spacial score (nSPS) is 11.1. The lowest BCUT2D eigenvalue weighted by atomic mass is 10.3. The number of carbonyl (C=O) groups is 1. The maximum Gasteiger partial charge on any atom is 0.273 e. The van der Waals surface area contributed by atoms with Crippen molar-refractivity contribution in [2.24, 2.45) is 0 Å². The summed E-state index contributed by atoms with van der Waals surface area (Å²) in [6.07, 6.45) is 0. The van der Waals surface area contributed by atoms with Crippen molar-refractivity contribution in [3.05, 3.63) is 55.5 Å². The first-order chi connectivity index (χ1) is 12.1. The summed E-state index contributed by atoms with van der Waals surface area (Å²) in [5.74, 6) is 0.255. The Morgan fingerprint density at radius 2 is 2.08 bits per heavy atom. The van der Waals surface area contributed by atoms with Crippen LogP contribution in [0, 0.1) is 0 Å². The van der Waals surface area contributed by atoms with Crippen LogP contribution in [0.1, 0.15) is 16.3 Å². The third-order valence-electron chi connectivity index (χ3n) is 3.59. The molecule has 0 bridgehead atoms. The third kappa shape index (κ3) is 3.13. The highest BCUT2D eigenvalue weighted by Gasteiger charge is 2.18. The van der Waals surface area contributed by atoms with Gasteiger partial charge in [0.1, 0.15) is 21.2 Å². The molecule has 6 nitrogen and oxygen atoms in total. The summed E-state index contributed by atoms with van der Waals surface area (Å²) >= 11 is 4.39. The molecular formula is C16H12N4O2S3. The number of thiazole rings is 1. The van der Waals surface area contributed by atoms with Gasteiger partial charge in [-0.2, -0.15) is 11.3 Å². The molecule has 4 aromatic heterocycles. The van der Waals surface area contributed by atoms with Crippen LogP contribution in [0.15, 0.2) is 38.4 Å². The Labute approximate surface area is 154 Å². The second kappa shape index (κ2) is 6.51. The molecule has 4 heterocycles. The van der Waals surface area contributed by atoms with E-state index in [4.69, 9.17) is 0 Å². The summed E-state index contributed by atoms with van der Waals surface area (Å²) in [5.41, 5.74) is 1.89. The molecule has 1 amide bonds. The lowest BCUT2D eigenvalue weighted by Gasteiger charge is -2.15. The second-order valence-electron chi connectivity index (χ2n) is 5.36. The zero-order chi connectivity index (χ0) is 17.4. The molecule has 126 valence electrons. The van der Waals surface area contributed by atoms with Crippen molar-refractivity contribution in [3.63, 3.8) is 0 Å². The highest BCUT2D eigenvalue weighted by Crippen LogP contribution is 2.26. The van der Waals surface area contributed by atoms with Gasteiger partial charge < -0.3 is 9.88 Å². The standard InChI is InChI=1S/C16H12N4O2S3/c1-20(6-12-17-10-3-5-24-13(10)14(21)19-12)16(22)11-8-25-15(18-11)9-2-4-23-7-9/h2-5,7-8H,6H2,1H3,(H,17,19,21). The van der Waals surface area contributed by atoms with Crippen LogP contribution in [-0.2, 0) is 6.54 Å². The first kappa shape index (κ1) is 16.1. The fraction of sp³-hybridized carbons (Fsp3) is 0.125. The number of H-pyrrole nitrogens is 1. The molecule has 0 aliphatic heterocycles. The van der Waals surface area contributed by atoms with Crippen molar-refractivity contribution in [2.45, 2.75) is 6.54 Å². The number of amides is 1. The first-order valence-electron chi connectivity index (χ1n) is 7.32. The van der Waals surface area contributed by atoms with Gasteiger partial charge in [-0.15, -0.1) is 22.7 Å². The SMILES string of the molecule is CN(Cc1nc2ccsc2c(=O)[nH]1)C(=O)c1csc(-c2ccsc2)n1. The quantitative estimate of drug-likeness (QED) is 0.581. The second-order valence-corrected chi connectivity index (χ2v) is 7.91. The lowest BCUT2D eigenvalue weighted by molar-refractivity contribution is 0.0776. The van der Waals surface area contributed by atoms with Crippen molar-refractivity contribution < 1.29 is 4.79 Å². The lowest BCUT2D eigenvalue weighted by Crippen LogP contribution is -2.28. The highest BCUT2D eigenvalue weighted by atomic mass is 32.1. The van der Waals surface area contributed by atoms with Crippen molar-refractivity contribution in [1.29, 1.82) is 0 Å². The highest BCUT2D eigenvalue weighted by molar-refractivity contribution is 7.17. The molecule has 0 aliphatic carbocycles. The summed E-state index contributed by atoms with van der Waals surface area (Å²) in [7, 11) is 1.67. The Kier molecular flexibility index (Phi) is 4.20. The topological polar surface area (TPSA) is 79.0 Å². The zero-order valence-electron chi connectivity index (χ0n) is 13.1. The summed E-state index contributed by atoms with van der Waals surface area (Å²) in [5, 5.41) is 8.38. The molecule has 0 atom stereocenters. The summed E-state index contributed by atoms with van der Waals surface area (Å²) in [6, 6.07) is 3.78. The number of thiophene rings is 2. The van der Waals surface area contributed by atoms with Gasteiger partial charge in [0, 0.05) is 23.4 Å². The molecule has 0 fully saturated rings. The Balaban J connectivity index is 1.54. The molecule has 9 heteroatoms. The van der Waals surface area contributed by atoms with E-state index in [1.165, 1.54) is 27.6 Å². The fourth-order valence-electron chi connectivity index (χ4n) is 2.38. The van der Waals surface area contributed by atoms with E-state index >= 15 is 0 Å². The number of carbonyl (C=O) groups excluding carboxylic acids is 1. The van der Waals surface area contributed by atoms with Gasteiger partial charge in [0.25, 0.3) is 11.5 Å². The molecule has 0 saturated carbocycles. The van der Waals surface area contributed by atoms with E-state index in [1.54, 1.807) is 29.8 Å². The summed E-state index contributed by atoms with van der Waals surface area (Å²) in [6.45, 7) is 0.213. The van der Waals surface area contributed by atoms with E-state index in [0.29, 0.717) is 21.7 Å². The predicted octanol–water partition coefficient (Wildman–Crippen LogP) is 3.44. The number of aromatic nitrogens is 3. The minimum atomic E-state index is -0.203. The Morgan fingerprint density at radius 1 is 1.20 bits per heavy atom. The average Bonchev–Trinajstić information content (AvgIpc) is 3.33.